The minimum atomic E-state index is -0.681. The summed E-state index contributed by atoms with van der Waals surface area (Å²) in [6, 6.07) is 19.6. The number of pyridine rings is 1. The SMILES string of the molecule is COc1ccc(NC(=O)C[C@@H]2C(=O)N(Cc3ccccn3)c3nc4ccccc4n32)cc1. The van der Waals surface area contributed by atoms with Crippen LogP contribution >= 0.6 is 0 Å². The summed E-state index contributed by atoms with van der Waals surface area (Å²) in [6.07, 6.45) is 1.69. The van der Waals surface area contributed by atoms with Crippen LogP contribution in [0.25, 0.3) is 11.0 Å². The average Bonchev–Trinajstić information content (AvgIpc) is 3.31. The Kier molecular flexibility index (Phi) is 5.03. The number of ether oxygens (including phenoxy) is 1. The van der Waals surface area contributed by atoms with Crippen LogP contribution in [0.15, 0.2) is 72.9 Å². The lowest BCUT2D eigenvalue weighted by molar-refractivity contribution is -0.124. The third kappa shape index (κ3) is 3.56. The molecule has 8 heteroatoms. The molecule has 1 atom stereocenters. The number of aromatic nitrogens is 3. The van der Waals surface area contributed by atoms with Crippen LogP contribution < -0.4 is 15.0 Å². The predicted molar refractivity (Wildman–Crippen MR) is 120 cm³/mol. The van der Waals surface area contributed by atoms with E-state index in [9.17, 15) is 9.59 Å². The molecule has 2 aromatic carbocycles. The third-order valence-electron chi connectivity index (χ3n) is 5.48. The fraction of sp³-hybridized carbons (Fsp3) is 0.167. The van der Waals surface area contributed by atoms with Crippen LogP contribution in [0.4, 0.5) is 11.6 Å². The van der Waals surface area contributed by atoms with Crippen LogP contribution in [-0.2, 0) is 16.1 Å². The molecule has 1 aliphatic rings. The topological polar surface area (TPSA) is 89.3 Å². The minimum Gasteiger partial charge on any atom is -0.497 e. The Bertz CT molecular complexity index is 1280. The second-order valence-corrected chi connectivity index (χ2v) is 7.51. The number of fused-ring (bicyclic) bond motifs is 3. The summed E-state index contributed by atoms with van der Waals surface area (Å²) in [4.78, 5) is 36.8. The summed E-state index contributed by atoms with van der Waals surface area (Å²) < 4.78 is 7.00. The van der Waals surface area contributed by atoms with Gasteiger partial charge in [0.2, 0.25) is 11.9 Å². The summed E-state index contributed by atoms with van der Waals surface area (Å²) in [5, 5.41) is 2.86. The first kappa shape index (κ1) is 19.7. The molecule has 0 aliphatic carbocycles. The van der Waals surface area contributed by atoms with Gasteiger partial charge in [0.25, 0.3) is 5.91 Å². The molecule has 0 fully saturated rings. The highest BCUT2D eigenvalue weighted by molar-refractivity contribution is 6.05. The van der Waals surface area contributed by atoms with Crippen molar-refractivity contribution in [3.05, 3.63) is 78.6 Å². The van der Waals surface area contributed by atoms with Crippen molar-refractivity contribution in [1.82, 2.24) is 14.5 Å². The van der Waals surface area contributed by atoms with Gasteiger partial charge < -0.3 is 10.1 Å². The lowest BCUT2D eigenvalue weighted by atomic mass is 10.1. The van der Waals surface area contributed by atoms with Crippen LogP contribution in [0.2, 0.25) is 0 Å². The quantitative estimate of drug-likeness (QED) is 0.508. The Hall–Kier alpha value is -4.20. The van der Waals surface area contributed by atoms with E-state index < -0.39 is 6.04 Å². The van der Waals surface area contributed by atoms with Gasteiger partial charge in [-0.05, 0) is 48.5 Å². The van der Waals surface area contributed by atoms with Crippen molar-refractivity contribution in [2.75, 3.05) is 17.3 Å². The highest BCUT2D eigenvalue weighted by Crippen LogP contribution is 2.37. The number of anilines is 2. The molecule has 1 aliphatic heterocycles. The molecule has 1 N–H and O–H groups in total. The molecule has 160 valence electrons. The van der Waals surface area contributed by atoms with E-state index in [2.05, 4.69) is 15.3 Å². The number of methoxy groups -OCH3 is 1. The fourth-order valence-electron chi connectivity index (χ4n) is 3.96. The molecule has 3 heterocycles. The van der Waals surface area contributed by atoms with E-state index in [4.69, 9.17) is 4.74 Å². The smallest absolute Gasteiger partial charge is 0.253 e. The lowest BCUT2D eigenvalue weighted by Crippen LogP contribution is -2.31. The van der Waals surface area contributed by atoms with Crippen LogP contribution in [0, 0.1) is 0 Å². The van der Waals surface area contributed by atoms with Crippen LogP contribution in [0.1, 0.15) is 18.2 Å². The lowest BCUT2D eigenvalue weighted by Gasteiger charge is -2.15. The van der Waals surface area contributed by atoms with E-state index in [1.807, 2.05) is 47.0 Å². The molecule has 32 heavy (non-hydrogen) atoms. The normalized spacial score (nSPS) is 15.1. The Morgan fingerprint density at radius 2 is 1.84 bits per heavy atom. The van der Waals surface area contributed by atoms with E-state index in [0.29, 0.717) is 23.9 Å². The number of nitrogens with zero attached hydrogens (tertiary/aromatic N) is 4. The Balaban J connectivity index is 1.44. The molecular formula is C24H21N5O3. The molecule has 0 saturated heterocycles. The maximum absolute atomic E-state index is 13.4. The standard InChI is InChI=1S/C24H21N5O3/c1-32-18-11-9-16(10-12-18)26-22(30)14-21-23(31)28(15-17-6-4-5-13-25-17)24-27-19-7-2-3-8-20(19)29(21)24/h2-13,21H,14-15H2,1H3,(H,26,30)/t21-/m1/s1. The Morgan fingerprint density at radius 1 is 1.06 bits per heavy atom. The molecule has 0 saturated carbocycles. The number of rotatable bonds is 6. The molecule has 2 amide bonds. The highest BCUT2D eigenvalue weighted by Gasteiger charge is 2.41. The molecule has 4 aromatic rings. The molecule has 8 nitrogen and oxygen atoms in total. The molecule has 5 rings (SSSR count). The first-order valence-corrected chi connectivity index (χ1v) is 10.3. The zero-order chi connectivity index (χ0) is 22.1. The van der Waals surface area contributed by atoms with Crippen molar-refractivity contribution in [3.63, 3.8) is 0 Å². The average molecular weight is 427 g/mol. The van der Waals surface area contributed by atoms with Gasteiger partial charge in [0.1, 0.15) is 11.8 Å². The van der Waals surface area contributed by atoms with Crippen molar-refractivity contribution in [2.24, 2.45) is 0 Å². The van der Waals surface area contributed by atoms with E-state index in [-0.39, 0.29) is 18.2 Å². The molecule has 0 radical (unpaired) electrons. The molecule has 0 spiro atoms. The van der Waals surface area contributed by atoms with Gasteiger partial charge in [-0.15, -0.1) is 0 Å². The van der Waals surface area contributed by atoms with Gasteiger partial charge >= 0.3 is 0 Å². The number of hydrogen-bond acceptors (Lipinski definition) is 5. The number of carbonyl (C=O) groups excluding carboxylic acids is 2. The van der Waals surface area contributed by atoms with Gasteiger partial charge in [0, 0.05) is 11.9 Å². The second kappa shape index (κ2) is 8.14. The second-order valence-electron chi connectivity index (χ2n) is 7.51. The fourth-order valence-corrected chi connectivity index (χ4v) is 3.96. The van der Waals surface area contributed by atoms with Crippen LogP contribution in [0.5, 0.6) is 5.75 Å². The van der Waals surface area contributed by atoms with Crippen molar-refractivity contribution in [2.45, 2.75) is 19.0 Å². The number of imidazole rings is 1. The van der Waals surface area contributed by atoms with E-state index in [0.717, 1.165) is 16.7 Å². The molecule has 0 unspecified atom stereocenters. The zero-order valence-corrected chi connectivity index (χ0v) is 17.4. The van der Waals surface area contributed by atoms with Crippen molar-refractivity contribution in [3.8, 4) is 5.75 Å². The van der Waals surface area contributed by atoms with Crippen LogP contribution in [0.3, 0.4) is 0 Å². The summed E-state index contributed by atoms with van der Waals surface area (Å²) >= 11 is 0. The highest BCUT2D eigenvalue weighted by atomic mass is 16.5. The van der Waals surface area contributed by atoms with Crippen molar-refractivity contribution < 1.29 is 14.3 Å². The number of para-hydroxylation sites is 2. The van der Waals surface area contributed by atoms with Gasteiger partial charge in [-0.2, -0.15) is 0 Å². The van der Waals surface area contributed by atoms with Crippen molar-refractivity contribution >= 4 is 34.5 Å². The van der Waals surface area contributed by atoms with Crippen LogP contribution in [-0.4, -0.2) is 33.5 Å². The monoisotopic (exact) mass is 427 g/mol. The predicted octanol–water partition coefficient (Wildman–Crippen LogP) is 3.56. The first-order chi connectivity index (χ1) is 15.6. The first-order valence-electron chi connectivity index (χ1n) is 10.3. The zero-order valence-electron chi connectivity index (χ0n) is 17.4. The van der Waals surface area contributed by atoms with Gasteiger partial charge in [-0.3, -0.25) is 24.0 Å². The van der Waals surface area contributed by atoms with Gasteiger partial charge in [0.05, 0.1) is 36.8 Å². The summed E-state index contributed by atoms with van der Waals surface area (Å²) in [7, 11) is 1.59. The van der Waals surface area contributed by atoms with Gasteiger partial charge in [-0.25, -0.2) is 4.98 Å². The number of carbonyl (C=O) groups is 2. The number of hydrogen-bond donors (Lipinski definition) is 1. The Labute approximate surface area is 184 Å². The number of nitrogens with one attached hydrogen (secondary N) is 1. The number of amides is 2. The third-order valence-corrected chi connectivity index (χ3v) is 5.48. The molecule has 2 aromatic heterocycles. The Morgan fingerprint density at radius 3 is 2.59 bits per heavy atom. The van der Waals surface area contributed by atoms with E-state index in [1.165, 1.54) is 0 Å². The van der Waals surface area contributed by atoms with Gasteiger partial charge in [-0.1, -0.05) is 18.2 Å². The van der Waals surface area contributed by atoms with E-state index >= 15 is 0 Å². The minimum absolute atomic E-state index is 0.00304. The maximum atomic E-state index is 13.4. The van der Waals surface area contributed by atoms with E-state index in [1.54, 1.807) is 42.5 Å². The molecular weight excluding hydrogens is 406 g/mol. The largest absolute Gasteiger partial charge is 0.497 e. The summed E-state index contributed by atoms with van der Waals surface area (Å²) in [5.74, 6) is 0.809. The van der Waals surface area contributed by atoms with Crippen molar-refractivity contribution in [1.29, 1.82) is 0 Å². The summed E-state index contributed by atoms with van der Waals surface area (Å²) in [5.41, 5.74) is 2.99. The maximum Gasteiger partial charge on any atom is 0.253 e. The molecule has 0 bridgehead atoms. The number of benzene rings is 2. The summed E-state index contributed by atoms with van der Waals surface area (Å²) in [6.45, 7) is 0.291. The van der Waals surface area contributed by atoms with Gasteiger partial charge in [0.15, 0.2) is 0 Å².